The molecule has 1 aromatic carbocycles. The summed E-state index contributed by atoms with van der Waals surface area (Å²) in [5.41, 5.74) is 2.19. The third-order valence-corrected chi connectivity index (χ3v) is 6.10. The van der Waals surface area contributed by atoms with Crippen molar-refractivity contribution in [1.82, 2.24) is 14.8 Å². The number of fused-ring (bicyclic) bond motifs is 1. The Kier molecular flexibility index (Phi) is 6.13. The van der Waals surface area contributed by atoms with Crippen molar-refractivity contribution in [3.8, 4) is 5.75 Å². The van der Waals surface area contributed by atoms with Crippen LogP contribution in [-0.2, 0) is 18.0 Å². The molecule has 2 heterocycles. The van der Waals surface area contributed by atoms with Gasteiger partial charge < -0.3 is 14.8 Å². The van der Waals surface area contributed by atoms with Crippen LogP contribution in [0.15, 0.2) is 42.7 Å². The molecule has 0 aliphatic rings. The lowest BCUT2D eigenvalue weighted by atomic mass is 10.2. The topological polar surface area (TPSA) is 61.2 Å². The standard InChI is InChI=1S/C20H28N4O2Si/c1-25-17-7-5-16(6-8-17)13-22-20-18-14-23-24(19(18)9-10-21-20)15-26-11-12-27(2,3)4/h5-10,14H,11-13,15H2,1-4H3,(H,21,22). The molecule has 2 aromatic heterocycles. The highest BCUT2D eigenvalue weighted by Gasteiger charge is 2.13. The average molecular weight is 385 g/mol. The minimum absolute atomic E-state index is 0.468. The molecular weight excluding hydrogens is 356 g/mol. The number of nitrogens with zero attached hydrogens (tertiary/aromatic N) is 3. The van der Waals surface area contributed by atoms with Gasteiger partial charge in [0.2, 0.25) is 0 Å². The van der Waals surface area contributed by atoms with E-state index in [0.717, 1.165) is 40.7 Å². The number of rotatable bonds is 9. The first-order valence-corrected chi connectivity index (χ1v) is 12.9. The van der Waals surface area contributed by atoms with E-state index in [9.17, 15) is 0 Å². The van der Waals surface area contributed by atoms with E-state index in [2.05, 4.69) is 35.0 Å². The zero-order valence-electron chi connectivity index (χ0n) is 16.5. The molecule has 0 amide bonds. The molecule has 0 spiro atoms. The van der Waals surface area contributed by atoms with Crippen LogP contribution in [-0.4, -0.2) is 36.6 Å². The molecule has 0 aliphatic heterocycles. The number of ether oxygens (including phenoxy) is 2. The van der Waals surface area contributed by atoms with Crippen molar-refractivity contribution in [1.29, 1.82) is 0 Å². The fraction of sp³-hybridized carbons (Fsp3) is 0.400. The molecular formula is C20H28N4O2Si. The van der Waals surface area contributed by atoms with Crippen LogP contribution in [0.3, 0.4) is 0 Å². The van der Waals surface area contributed by atoms with Crippen molar-refractivity contribution in [2.45, 2.75) is 39.0 Å². The van der Waals surface area contributed by atoms with Crippen LogP contribution in [0.2, 0.25) is 25.7 Å². The van der Waals surface area contributed by atoms with Gasteiger partial charge in [0, 0.05) is 27.4 Å². The Hall–Kier alpha value is -2.38. The first-order chi connectivity index (χ1) is 13.0. The molecule has 3 aromatic rings. The molecule has 0 saturated heterocycles. The Bertz CT molecular complexity index is 872. The number of aromatic nitrogens is 3. The minimum atomic E-state index is -1.07. The Labute approximate surface area is 161 Å². The molecule has 3 rings (SSSR count). The third kappa shape index (κ3) is 5.30. The first-order valence-electron chi connectivity index (χ1n) is 9.21. The fourth-order valence-electron chi connectivity index (χ4n) is 2.71. The smallest absolute Gasteiger partial charge is 0.139 e. The molecule has 0 unspecified atom stereocenters. The summed E-state index contributed by atoms with van der Waals surface area (Å²) in [7, 11) is 0.597. The van der Waals surface area contributed by atoms with E-state index >= 15 is 0 Å². The largest absolute Gasteiger partial charge is 0.497 e. The van der Waals surface area contributed by atoms with E-state index in [1.807, 2.05) is 41.2 Å². The predicted molar refractivity (Wildman–Crippen MR) is 112 cm³/mol. The SMILES string of the molecule is COc1ccc(CNc2nccc3c2cnn3COCC[Si](C)(C)C)cc1. The van der Waals surface area contributed by atoms with E-state index < -0.39 is 8.07 Å². The zero-order valence-corrected chi connectivity index (χ0v) is 17.5. The van der Waals surface area contributed by atoms with Crippen molar-refractivity contribution >= 4 is 24.8 Å². The number of anilines is 1. The fourth-order valence-corrected chi connectivity index (χ4v) is 3.46. The monoisotopic (exact) mass is 384 g/mol. The Balaban J connectivity index is 1.64. The van der Waals surface area contributed by atoms with E-state index in [-0.39, 0.29) is 0 Å². The van der Waals surface area contributed by atoms with E-state index in [1.165, 1.54) is 0 Å². The maximum Gasteiger partial charge on any atom is 0.139 e. The van der Waals surface area contributed by atoms with Crippen molar-refractivity contribution in [3.63, 3.8) is 0 Å². The van der Waals surface area contributed by atoms with E-state index in [1.54, 1.807) is 13.3 Å². The molecule has 0 aliphatic carbocycles. The van der Waals surface area contributed by atoms with Gasteiger partial charge in [-0.15, -0.1) is 0 Å². The number of hydrogen-bond acceptors (Lipinski definition) is 5. The summed E-state index contributed by atoms with van der Waals surface area (Å²) in [5.74, 6) is 1.69. The summed E-state index contributed by atoms with van der Waals surface area (Å²) in [4.78, 5) is 4.47. The van der Waals surface area contributed by atoms with Crippen LogP contribution >= 0.6 is 0 Å². The van der Waals surface area contributed by atoms with Gasteiger partial charge in [-0.3, -0.25) is 0 Å². The summed E-state index contributed by atoms with van der Waals surface area (Å²) < 4.78 is 12.9. The van der Waals surface area contributed by atoms with E-state index in [4.69, 9.17) is 9.47 Å². The summed E-state index contributed by atoms with van der Waals surface area (Å²) >= 11 is 0. The molecule has 144 valence electrons. The van der Waals surface area contributed by atoms with Crippen molar-refractivity contribution in [3.05, 3.63) is 48.3 Å². The number of hydrogen-bond donors (Lipinski definition) is 1. The molecule has 1 N–H and O–H groups in total. The van der Waals surface area contributed by atoms with Gasteiger partial charge in [-0.25, -0.2) is 9.67 Å². The summed E-state index contributed by atoms with van der Waals surface area (Å²) in [6.45, 7) is 9.00. The second-order valence-electron chi connectivity index (χ2n) is 7.79. The average Bonchev–Trinajstić information content (AvgIpc) is 3.07. The number of nitrogens with one attached hydrogen (secondary N) is 1. The maximum atomic E-state index is 5.84. The summed E-state index contributed by atoms with van der Waals surface area (Å²) in [6, 6.07) is 11.1. The van der Waals surface area contributed by atoms with Crippen LogP contribution in [0.4, 0.5) is 5.82 Å². The molecule has 0 atom stereocenters. The van der Waals surface area contributed by atoms with Gasteiger partial charge in [-0.1, -0.05) is 31.8 Å². The molecule has 27 heavy (non-hydrogen) atoms. The van der Waals surface area contributed by atoms with Gasteiger partial charge in [0.25, 0.3) is 0 Å². The molecule has 7 heteroatoms. The van der Waals surface area contributed by atoms with Crippen molar-refractivity contribution in [2.24, 2.45) is 0 Å². The number of benzene rings is 1. The van der Waals surface area contributed by atoms with Gasteiger partial charge >= 0.3 is 0 Å². The predicted octanol–water partition coefficient (Wildman–Crippen LogP) is 4.36. The lowest BCUT2D eigenvalue weighted by Gasteiger charge is -2.15. The van der Waals surface area contributed by atoms with Crippen LogP contribution in [0.1, 0.15) is 5.56 Å². The zero-order chi connectivity index (χ0) is 19.3. The Morgan fingerprint density at radius 1 is 1.11 bits per heavy atom. The van der Waals surface area contributed by atoms with Gasteiger partial charge in [0.1, 0.15) is 18.3 Å². The first kappa shape index (κ1) is 19.4. The van der Waals surface area contributed by atoms with Crippen LogP contribution < -0.4 is 10.1 Å². The van der Waals surface area contributed by atoms with Gasteiger partial charge in [0.05, 0.1) is 24.2 Å². The maximum absolute atomic E-state index is 5.84. The highest BCUT2D eigenvalue weighted by Crippen LogP contribution is 2.22. The van der Waals surface area contributed by atoms with Gasteiger partial charge in [0.15, 0.2) is 0 Å². The second-order valence-corrected chi connectivity index (χ2v) is 13.4. The quantitative estimate of drug-likeness (QED) is 0.439. The van der Waals surface area contributed by atoms with Crippen molar-refractivity contribution in [2.75, 3.05) is 19.0 Å². The number of pyridine rings is 1. The lowest BCUT2D eigenvalue weighted by Crippen LogP contribution is -2.22. The molecule has 0 fully saturated rings. The van der Waals surface area contributed by atoms with Crippen LogP contribution in [0.25, 0.3) is 10.9 Å². The minimum Gasteiger partial charge on any atom is -0.497 e. The molecule has 0 saturated carbocycles. The van der Waals surface area contributed by atoms with Crippen LogP contribution in [0, 0.1) is 0 Å². The van der Waals surface area contributed by atoms with Gasteiger partial charge in [-0.05, 0) is 29.8 Å². The normalized spacial score (nSPS) is 11.7. The summed E-state index contributed by atoms with van der Waals surface area (Å²) in [6.07, 6.45) is 3.65. The van der Waals surface area contributed by atoms with Crippen molar-refractivity contribution < 1.29 is 9.47 Å². The molecule has 0 bridgehead atoms. The lowest BCUT2D eigenvalue weighted by molar-refractivity contribution is 0.0817. The van der Waals surface area contributed by atoms with E-state index in [0.29, 0.717) is 13.3 Å². The van der Waals surface area contributed by atoms with Gasteiger partial charge in [-0.2, -0.15) is 5.10 Å². The number of methoxy groups -OCH3 is 1. The highest BCUT2D eigenvalue weighted by atomic mass is 28.3. The Morgan fingerprint density at radius 3 is 2.59 bits per heavy atom. The summed E-state index contributed by atoms with van der Waals surface area (Å²) in [5, 5.41) is 8.88. The Morgan fingerprint density at radius 2 is 1.89 bits per heavy atom. The third-order valence-electron chi connectivity index (χ3n) is 4.40. The highest BCUT2D eigenvalue weighted by molar-refractivity contribution is 6.76. The second kappa shape index (κ2) is 8.54. The van der Waals surface area contributed by atoms with Crippen LogP contribution in [0.5, 0.6) is 5.75 Å². The molecule has 6 nitrogen and oxygen atoms in total. The molecule has 0 radical (unpaired) electrons.